The molecule has 154 valence electrons. The van der Waals surface area contributed by atoms with Gasteiger partial charge in [-0.2, -0.15) is 0 Å². The summed E-state index contributed by atoms with van der Waals surface area (Å²) in [5.41, 5.74) is 3.81. The molecule has 6 nitrogen and oxygen atoms in total. The fourth-order valence-electron chi connectivity index (χ4n) is 2.95. The minimum atomic E-state index is -1.08. The van der Waals surface area contributed by atoms with Crippen LogP contribution < -0.4 is 10.6 Å². The number of nitrogens with one attached hydrogen (secondary N) is 2. The molecule has 0 aliphatic rings. The highest BCUT2D eigenvalue weighted by atomic mass is 16.4. The first-order chi connectivity index (χ1) is 13.7. The number of hydrogen-bond donors (Lipinski definition) is 3. The molecule has 0 aliphatic heterocycles. The minimum Gasteiger partial charge on any atom is -0.480 e. The molecular formula is C23H28N2O4. The number of carboxylic acid groups (broad SMARTS) is 1. The van der Waals surface area contributed by atoms with Crippen molar-refractivity contribution in [1.29, 1.82) is 0 Å². The molecule has 0 heterocycles. The summed E-state index contributed by atoms with van der Waals surface area (Å²) in [4.78, 5) is 34.5. The Morgan fingerprint density at radius 2 is 1.45 bits per heavy atom. The van der Waals surface area contributed by atoms with Gasteiger partial charge in [0.2, 0.25) is 11.8 Å². The maximum absolute atomic E-state index is 12.4. The fourth-order valence-corrected chi connectivity index (χ4v) is 2.95. The Morgan fingerprint density at radius 1 is 0.862 bits per heavy atom. The van der Waals surface area contributed by atoms with Gasteiger partial charge >= 0.3 is 5.97 Å². The quantitative estimate of drug-likeness (QED) is 0.602. The van der Waals surface area contributed by atoms with Gasteiger partial charge in [0.05, 0.1) is 6.42 Å². The number of carbonyl (C=O) groups is 3. The SMILES string of the molecule is CC(C)c1ccc(C(C)CC(=O)Nc2ccc(CC(=O)NCC(=O)O)cc2)cc1. The van der Waals surface area contributed by atoms with Crippen LogP contribution in [0.4, 0.5) is 5.69 Å². The first-order valence-corrected chi connectivity index (χ1v) is 9.71. The summed E-state index contributed by atoms with van der Waals surface area (Å²) in [5, 5.41) is 13.8. The number of rotatable bonds is 9. The molecule has 6 heteroatoms. The maximum atomic E-state index is 12.4. The van der Waals surface area contributed by atoms with Gasteiger partial charge in [-0.05, 0) is 40.7 Å². The highest BCUT2D eigenvalue weighted by Crippen LogP contribution is 2.23. The zero-order valence-corrected chi connectivity index (χ0v) is 17.1. The van der Waals surface area contributed by atoms with Gasteiger partial charge < -0.3 is 15.7 Å². The zero-order valence-electron chi connectivity index (χ0n) is 17.1. The highest BCUT2D eigenvalue weighted by molar-refractivity contribution is 5.91. The first-order valence-electron chi connectivity index (χ1n) is 9.71. The molecule has 0 radical (unpaired) electrons. The number of benzene rings is 2. The van der Waals surface area contributed by atoms with E-state index in [1.807, 2.05) is 6.92 Å². The first kappa shape index (κ1) is 22.1. The van der Waals surface area contributed by atoms with Gasteiger partial charge in [-0.1, -0.05) is 57.2 Å². The summed E-state index contributed by atoms with van der Waals surface area (Å²) >= 11 is 0. The van der Waals surface area contributed by atoms with Crippen LogP contribution in [0.15, 0.2) is 48.5 Å². The van der Waals surface area contributed by atoms with Gasteiger partial charge in [0.15, 0.2) is 0 Å². The second kappa shape index (κ2) is 10.4. The van der Waals surface area contributed by atoms with Crippen LogP contribution in [0, 0.1) is 0 Å². The Balaban J connectivity index is 1.85. The predicted molar refractivity (Wildman–Crippen MR) is 113 cm³/mol. The highest BCUT2D eigenvalue weighted by Gasteiger charge is 2.12. The number of anilines is 1. The molecule has 0 aliphatic carbocycles. The van der Waals surface area contributed by atoms with Crippen LogP contribution in [0.3, 0.4) is 0 Å². The predicted octanol–water partition coefficient (Wildman–Crippen LogP) is 3.69. The average molecular weight is 396 g/mol. The maximum Gasteiger partial charge on any atom is 0.322 e. The lowest BCUT2D eigenvalue weighted by Crippen LogP contribution is -2.30. The lowest BCUT2D eigenvalue weighted by Gasteiger charge is -2.14. The van der Waals surface area contributed by atoms with E-state index < -0.39 is 12.5 Å². The van der Waals surface area contributed by atoms with Crippen molar-refractivity contribution in [3.63, 3.8) is 0 Å². The lowest BCUT2D eigenvalue weighted by molar-refractivity contribution is -0.137. The van der Waals surface area contributed by atoms with E-state index in [2.05, 4.69) is 48.7 Å². The van der Waals surface area contributed by atoms with E-state index >= 15 is 0 Å². The van der Waals surface area contributed by atoms with Crippen LogP contribution >= 0.6 is 0 Å². The molecule has 0 saturated heterocycles. The third-order valence-electron chi connectivity index (χ3n) is 4.70. The molecule has 1 atom stereocenters. The van der Waals surface area contributed by atoms with Crippen molar-refractivity contribution in [1.82, 2.24) is 5.32 Å². The van der Waals surface area contributed by atoms with E-state index in [9.17, 15) is 14.4 Å². The summed E-state index contributed by atoms with van der Waals surface area (Å²) < 4.78 is 0. The Labute approximate surface area is 171 Å². The smallest absolute Gasteiger partial charge is 0.322 e. The fraction of sp³-hybridized carbons (Fsp3) is 0.348. The lowest BCUT2D eigenvalue weighted by atomic mass is 9.94. The van der Waals surface area contributed by atoms with Crippen molar-refractivity contribution < 1.29 is 19.5 Å². The molecule has 0 fully saturated rings. The van der Waals surface area contributed by atoms with Gasteiger partial charge in [0.1, 0.15) is 6.54 Å². The van der Waals surface area contributed by atoms with Crippen molar-refractivity contribution in [2.45, 2.75) is 45.4 Å². The van der Waals surface area contributed by atoms with Gasteiger partial charge in [0, 0.05) is 12.1 Å². The molecule has 2 rings (SSSR count). The molecule has 2 amide bonds. The van der Waals surface area contributed by atoms with Crippen molar-refractivity contribution in [2.75, 3.05) is 11.9 Å². The average Bonchev–Trinajstić information content (AvgIpc) is 2.68. The molecule has 2 aromatic rings. The summed E-state index contributed by atoms with van der Waals surface area (Å²) in [6.45, 7) is 5.94. The van der Waals surface area contributed by atoms with Crippen molar-refractivity contribution in [3.05, 3.63) is 65.2 Å². The van der Waals surface area contributed by atoms with Crippen LogP contribution in [0.1, 0.15) is 55.7 Å². The largest absolute Gasteiger partial charge is 0.480 e. The Hall–Kier alpha value is -3.15. The molecule has 2 aromatic carbocycles. The number of carbonyl (C=O) groups excluding carboxylic acids is 2. The number of amides is 2. The van der Waals surface area contributed by atoms with Crippen LogP contribution in [0.2, 0.25) is 0 Å². The van der Waals surface area contributed by atoms with E-state index in [-0.39, 0.29) is 24.2 Å². The zero-order chi connectivity index (χ0) is 21.4. The van der Waals surface area contributed by atoms with E-state index in [0.29, 0.717) is 18.0 Å². The number of aliphatic carboxylic acids is 1. The molecule has 0 saturated carbocycles. The van der Waals surface area contributed by atoms with Gasteiger partial charge in [-0.25, -0.2) is 0 Å². The van der Waals surface area contributed by atoms with Crippen LogP contribution in [0.25, 0.3) is 0 Å². The van der Waals surface area contributed by atoms with Crippen molar-refractivity contribution in [3.8, 4) is 0 Å². The summed E-state index contributed by atoms with van der Waals surface area (Å²) in [7, 11) is 0. The van der Waals surface area contributed by atoms with E-state index in [4.69, 9.17) is 5.11 Å². The summed E-state index contributed by atoms with van der Waals surface area (Å²) in [6.07, 6.45) is 0.464. The normalized spacial score (nSPS) is 11.7. The molecular weight excluding hydrogens is 368 g/mol. The van der Waals surface area contributed by atoms with E-state index in [1.165, 1.54) is 5.56 Å². The molecule has 3 N–H and O–H groups in total. The van der Waals surface area contributed by atoms with E-state index in [1.54, 1.807) is 24.3 Å². The molecule has 0 aromatic heterocycles. The Bertz CT molecular complexity index is 842. The molecule has 1 unspecified atom stereocenters. The third kappa shape index (κ3) is 7.41. The summed E-state index contributed by atoms with van der Waals surface area (Å²) in [6, 6.07) is 15.3. The second-order valence-electron chi connectivity index (χ2n) is 7.52. The van der Waals surface area contributed by atoms with Crippen LogP contribution in [-0.4, -0.2) is 29.4 Å². The third-order valence-corrected chi connectivity index (χ3v) is 4.70. The minimum absolute atomic E-state index is 0.0719. The topological polar surface area (TPSA) is 95.5 Å². The van der Waals surface area contributed by atoms with E-state index in [0.717, 1.165) is 11.1 Å². The van der Waals surface area contributed by atoms with Crippen molar-refractivity contribution in [2.24, 2.45) is 0 Å². The number of carboxylic acids is 1. The second-order valence-corrected chi connectivity index (χ2v) is 7.52. The molecule has 0 bridgehead atoms. The van der Waals surface area contributed by atoms with Gasteiger partial charge in [0.25, 0.3) is 0 Å². The van der Waals surface area contributed by atoms with Crippen LogP contribution in [-0.2, 0) is 20.8 Å². The van der Waals surface area contributed by atoms with Crippen LogP contribution in [0.5, 0.6) is 0 Å². The Kier molecular flexibility index (Phi) is 7.95. The standard InChI is InChI=1S/C23H28N2O4/c1-15(2)18-6-8-19(9-7-18)16(3)12-22(27)25-20-10-4-17(5-11-20)13-21(26)24-14-23(28)29/h4-11,15-16H,12-14H2,1-3H3,(H,24,26)(H,25,27)(H,28,29). The molecule has 29 heavy (non-hydrogen) atoms. The monoisotopic (exact) mass is 396 g/mol. The van der Waals surface area contributed by atoms with Crippen molar-refractivity contribution >= 4 is 23.5 Å². The number of hydrogen-bond acceptors (Lipinski definition) is 3. The summed E-state index contributed by atoms with van der Waals surface area (Å²) in [5.74, 6) is -0.928. The van der Waals surface area contributed by atoms with Gasteiger partial charge in [-0.15, -0.1) is 0 Å². The molecule has 0 spiro atoms. The Morgan fingerprint density at radius 3 is 2.00 bits per heavy atom. The van der Waals surface area contributed by atoms with Gasteiger partial charge in [-0.3, -0.25) is 14.4 Å².